The van der Waals surface area contributed by atoms with Gasteiger partial charge in [-0.15, -0.1) is 0 Å². The van der Waals surface area contributed by atoms with Crippen molar-refractivity contribution in [3.8, 4) is 11.1 Å². The zero-order valence-electron chi connectivity index (χ0n) is 12.3. The van der Waals surface area contributed by atoms with Crippen LogP contribution < -0.4 is 0 Å². The van der Waals surface area contributed by atoms with Gasteiger partial charge in [0, 0.05) is 23.3 Å². The molecule has 4 heteroatoms. The van der Waals surface area contributed by atoms with Crippen LogP contribution in [0, 0.1) is 0 Å². The van der Waals surface area contributed by atoms with Gasteiger partial charge in [-0.2, -0.15) is 0 Å². The Bertz CT molecular complexity index is 750. The average Bonchev–Trinajstić information content (AvgIpc) is 2.86. The number of carbonyl (C=O) groups excluding carboxylic acids is 2. The highest BCUT2D eigenvalue weighted by molar-refractivity contribution is 5.88. The number of ether oxygens (including phenoxy) is 2. The van der Waals surface area contributed by atoms with Gasteiger partial charge in [-0.3, -0.25) is 0 Å². The highest BCUT2D eigenvalue weighted by Crippen LogP contribution is 2.50. The fourth-order valence-corrected chi connectivity index (χ4v) is 2.76. The Morgan fingerprint density at radius 3 is 1.57 bits per heavy atom. The Labute approximate surface area is 133 Å². The minimum Gasteiger partial charge on any atom is -0.410 e. The van der Waals surface area contributed by atoms with Crippen LogP contribution in [0.1, 0.15) is 11.1 Å². The van der Waals surface area contributed by atoms with Gasteiger partial charge in [-0.05, 0) is 11.1 Å². The van der Waals surface area contributed by atoms with Crippen LogP contribution in [0.5, 0.6) is 0 Å². The van der Waals surface area contributed by atoms with Crippen LogP contribution in [0.4, 0.5) is 0 Å². The van der Waals surface area contributed by atoms with E-state index in [9.17, 15) is 9.59 Å². The summed E-state index contributed by atoms with van der Waals surface area (Å²) in [6.45, 7) is 6.82. The molecular formula is C19H14O4. The maximum Gasteiger partial charge on any atom is 0.333 e. The molecule has 0 radical (unpaired) electrons. The molecule has 1 aliphatic carbocycles. The van der Waals surface area contributed by atoms with E-state index in [1.54, 1.807) is 24.3 Å². The Morgan fingerprint density at radius 1 is 0.783 bits per heavy atom. The van der Waals surface area contributed by atoms with E-state index in [0.717, 1.165) is 23.3 Å². The van der Waals surface area contributed by atoms with Crippen LogP contribution in [0.15, 0.2) is 73.8 Å². The molecule has 114 valence electrons. The van der Waals surface area contributed by atoms with Gasteiger partial charge < -0.3 is 9.47 Å². The molecule has 0 aromatic heterocycles. The van der Waals surface area contributed by atoms with Gasteiger partial charge >= 0.3 is 17.7 Å². The molecule has 4 nitrogen and oxygen atoms in total. The third kappa shape index (κ3) is 2.25. The van der Waals surface area contributed by atoms with Crippen LogP contribution in [0.2, 0.25) is 0 Å². The van der Waals surface area contributed by atoms with E-state index in [2.05, 4.69) is 13.2 Å². The summed E-state index contributed by atoms with van der Waals surface area (Å²) in [4.78, 5) is 23.8. The normalized spacial score (nSPS) is 13.4. The van der Waals surface area contributed by atoms with E-state index in [1.165, 1.54) is 0 Å². The van der Waals surface area contributed by atoms with E-state index in [-0.39, 0.29) is 0 Å². The van der Waals surface area contributed by atoms with E-state index in [1.807, 2.05) is 24.3 Å². The third-order valence-corrected chi connectivity index (χ3v) is 3.68. The number of hydrogen-bond donors (Lipinski definition) is 0. The second kappa shape index (κ2) is 5.57. The molecule has 0 heterocycles. The lowest BCUT2D eigenvalue weighted by molar-refractivity contribution is -0.210. The fourth-order valence-electron chi connectivity index (χ4n) is 2.76. The quantitative estimate of drug-likeness (QED) is 0.494. The van der Waals surface area contributed by atoms with Crippen LogP contribution in [0.25, 0.3) is 11.1 Å². The molecule has 23 heavy (non-hydrogen) atoms. The van der Waals surface area contributed by atoms with Gasteiger partial charge in [-0.1, -0.05) is 61.7 Å². The summed E-state index contributed by atoms with van der Waals surface area (Å²) >= 11 is 0. The minimum atomic E-state index is -1.64. The Balaban J connectivity index is 2.28. The number of carbonyl (C=O) groups is 2. The molecule has 0 fully saturated rings. The SMILES string of the molecule is C=CC(=O)OC1(OC(=O)C=C)c2ccccc2-c2ccccc21. The molecule has 0 aliphatic heterocycles. The lowest BCUT2D eigenvalue weighted by Gasteiger charge is -2.30. The zero-order chi connectivity index (χ0) is 16.4. The van der Waals surface area contributed by atoms with Crippen molar-refractivity contribution in [3.05, 3.63) is 85.0 Å². The van der Waals surface area contributed by atoms with Crippen molar-refractivity contribution in [1.29, 1.82) is 0 Å². The summed E-state index contributed by atoms with van der Waals surface area (Å²) in [5, 5.41) is 0. The first-order valence-corrected chi connectivity index (χ1v) is 7.02. The lowest BCUT2D eigenvalue weighted by atomic mass is 10.0. The molecule has 1 aliphatic rings. The highest BCUT2D eigenvalue weighted by atomic mass is 16.7. The molecule has 0 spiro atoms. The third-order valence-electron chi connectivity index (χ3n) is 3.68. The van der Waals surface area contributed by atoms with Crippen molar-refractivity contribution >= 4 is 11.9 Å². The van der Waals surface area contributed by atoms with Crippen LogP contribution in [-0.2, 0) is 24.8 Å². The number of esters is 2. The molecule has 0 amide bonds. The van der Waals surface area contributed by atoms with Gasteiger partial charge in [0.1, 0.15) is 0 Å². The largest absolute Gasteiger partial charge is 0.410 e. The second-order valence-electron chi connectivity index (χ2n) is 4.96. The van der Waals surface area contributed by atoms with Crippen molar-refractivity contribution in [2.45, 2.75) is 5.79 Å². The van der Waals surface area contributed by atoms with Crippen molar-refractivity contribution < 1.29 is 19.1 Å². The molecular weight excluding hydrogens is 292 g/mol. The number of rotatable bonds is 4. The summed E-state index contributed by atoms with van der Waals surface area (Å²) in [6, 6.07) is 14.6. The molecule has 0 atom stereocenters. The van der Waals surface area contributed by atoms with E-state index in [0.29, 0.717) is 11.1 Å². The summed E-state index contributed by atoms with van der Waals surface area (Å²) in [7, 11) is 0. The number of fused-ring (bicyclic) bond motifs is 3. The Hall–Kier alpha value is -3.14. The first-order chi connectivity index (χ1) is 11.1. The maximum absolute atomic E-state index is 11.9. The van der Waals surface area contributed by atoms with Crippen LogP contribution in [0.3, 0.4) is 0 Å². The fraction of sp³-hybridized carbons (Fsp3) is 0.0526. The molecule has 0 unspecified atom stereocenters. The molecule has 0 bridgehead atoms. The van der Waals surface area contributed by atoms with E-state index < -0.39 is 17.7 Å². The maximum atomic E-state index is 11.9. The monoisotopic (exact) mass is 306 g/mol. The predicted molar refractivity (Wildman–Crippen MR) is 85.2 cm³/mol. The van der Waals surface area contributed by atoms with E-state index in [4.69, 9.17) is 9.47 Å². The number of benzene rings is 2. The minimum absolute atomic E-state index is 0.589. The summed E-state index contributed by atoms with van der Waals surface area (Å²) < 4.78 is 11.1. The predicted octanol–water partition coefficient (Wildman–Crippen LogP) is 3.33. The molecule has 2 aromatic carbocycles. The van der Waals surface area contributed by atoms with Gasteiger partial charge in [-0.25, -0.2) is 9.59 Å². The van der Waals surface area contributed by atoms with Gasteiger partial charge in [0.15, 0.2) is 0 Å². The lowest BCUT2D eigenvalue weighted by Crippen LogP contribution is -2.36. The summed E-state index contributed by atoms with van der Waals surface area (Å²) in [5.74, 6) is -3.01. The summed E-state index contributed by atoms with van der Waals surface area (Å²) in [6.07, 6.45) is 2.07. The number of hydrogen-bond acceptors (Lipinski definition) is 4. The highest BCUT2D eigenvalue weighted by Gasteiger charge is 2.49. The molecule has 0 saturated heterocycles. The van der Waals surface area contributed by atoms with Gasteiger partial charge in [0.05, 0.1) is 0 Å². The van der Waals surface area contributed by atoms with Crippen LogP contribution in [-0.4, -0.2) is 11.9 Å². The first-order valence-electron chi connectivity index (χ1n) is 7.02. The molecule has 0 saturated carbocycles. The zero-order valence-corrected chi connectivity index (χ0v) is 12.3. The smallest absolute Gasteiger partial charge is 0.333 e. The van der Waals surface area contributed by atoms with E-state index >= 15 is 0 Å². The second-order valence-corrected chi connectivity index (χ2v) is 4.96. The van der Waals surface area contributed by atoms with Gasteiger partial charge in [0.25, 0.3) is 0 Å². The topological polar surface area (TPSA) is 52.6 Å². The molecule has 3 rings (SSSR count). The van der Waals surface area contributed by atoms with Crippen molar-refractivity contribution in [3.63, 3.8) is 0 Å². The van der Waals surface area contributed by atoms with Crippen molar-refractivity contribution in [1.82, 2.24) is 0 Å². The van der Waals surface area contributed by atoms with Gasteiger partial charge in [0.2, 0.25) is 0 Å². The first kappa shape index (κ1) is 14.8. The Morgan fingerprint density at radius 2 is 1.17 bits per heavy atom. The average molecular weight is 306 g/mol. The standard InChI is InChI=1S/C19H14O4/c1-3-17(20)22-19(23-18(21)4-2)15-11-7-5-9-13(15)14-10-6-8-12-16(14)19/h3-12H,1-2H2. The molecule has 2 aromatic rings. The van der Waals surface area contributed by atoms with Crippen LogP contribution >= 0.6 is 0 Å². The molecule has 0 N–H and O–H groups in total. The summed E-state index contributed by atoms with van der Waals surface area (Å²) in [5.41, 5.74) is 2.87. The van der Waals surface area contributed by atoms with Crippen molar-refractivity contribution in [2.75, 3.05) is 0 Å². The Kier molecular flexibility index (Phi) is 3.58. The van der Waals surface area contributed by atoms with Crippen molar-refractivity contribution in [2.24, 2.45) is 0 Å².